The molecule has 0 radical (unpaired) electrons. The fourth-order valence-electron chi connectivity index (χ4n) is 1.89. The number of carbonyl (C=O) groups excluding carboxylic acids is 1. The minimum absolute atomic E-state index is 0.0994. The lowest BCUT2D eigenvalue weighted by atomic mass is 9.82. The molecule has 0 amide bonds. The highest BCUT2D eigenvalue weighted by atomic mass is 16.1. The normalized spacial score (nSPS) is 15.9. The molecule has 3 heteroatoms. The zero-order chi connectivity index (χ0) is 10.8. The van der Waals surface area contributed by atoms with Gasteiger partial charge in [-0.05, 0) is 25.8 Å². The second-order valence-electron chi connectivity index (χ2n) is 4.09. The van der Waals surface area contributed by atoms with Crippen molar-refractivity contribution >= 4 is 11.5 Å². The van der Waals surface area contributed by atoms with Gasteiger partial charge in [0.2, 0.25) is 0 Å². The topological polar surface area (TPSA) is 42.0 Å². The van der Waals surface area contributed by atoms with Crippen LogP contribution in [0.15, 0.2) is 12.3 Å². The van der Waals surface area contributed by atoms with Gasteiger partial charge >= 0.3 is 0 Å². The summed E-state index contributed by atoms with van der Waals surface area (Å²) in [5.41, 5.74) is 2.66. The Morgan fingerprint density at radius 2 is 2.27 bits per heavy atom. The first-order chi connectivity index (χ1) is 7.22. The molecule has 1 fully saturated rings. The molecule has 80 valence electrons. The van der Waals surface area contributed by atoms with E-state index in [0.717, 1.165) is 16.9 Å². The number of pyridine rings is 1. The summed E-state index contributed by atoms with van der Waals surface area (Å²) in [4.78, 5) is 15.8. The number of hydrogen-bond acceptors (Lipinski definition) is 3. The predicted octanol–water partition coefficient (Wildman–Crippen LogP) is 2.59. The van der Waals surface area contributed by atoms with Crippen LogP contribution in [-0.4, -0.2) is 17.8 Å². The number of nitrogens with one attached hydrogen (secondary N) is 1. The Bertz CT molecular complexity index is 383. The van der Waals surface area contributed by atoms with Crippen molar-refractivity contribution in [1.82, 2.24) is 4.98 Å². The van der Waals surface area contributed by atoms with Gasteiger partial charge in [-0.3, -0.25) is 9.78 Å². The zero-order valence-electron chi connectivity index (χ0n) is 9.21. The van der Waals surface area contributed by atoms with E-state index in [4.69, 9.17) is 0 Å². The van der Waals surface area contributed by atoms with Crippen LogP contribution in [-0.2, 0) is 0 Å². The lowest BCUT2D eigenvalue weighted by Crippen LogP contribution is -2.12. The number of anilines is 1. The van der Waals surface area contributed by atoms with Crippen LogP contribution in [0.1, 0.15) is 48.2 Å². The van der Waals surface area contributed by atoms with Gasteiger partial charge in [0.05, 0.1) is 11.9 Å². The SMILES string of the molecule is CNc1cnc(C2CCC2)cc1C(C)=O. The highest BCUT2D eigenvalue weighted by Crippen LogP contribution is 2.36. The zero-order valence-corrected chi connectivity index (χ0v) is 9.21. The minimum Gasteiger partial charge on any atom is -0.386 e. The van der Waals surface area contributed by atoms with Gasteiger partial charge in [-0.1, -0.05) is 6.42 Å². The third-order valence-electron chi connectivity index (χ3n) is 3.10. The molecule has 0 atom stereocenters. The Labute approximate surface area is 89.9 Å². The monoisotopic (exact) mass is 204 g/mol. The van der Waals surface area contributed by atoms with E-state index in [2.05, 4.69) is 10.3 Å². The van der Waals surface area contributed by atoms with Gasteiger partial charge in [-0.25, -0.2) is 0 Å². The molecule has 15 heavy (non-hydrogen) atoms. The Morgan fingerprint density at radius 3 is 2.73 bits per heavy atom. The van der Waals surface area contributed by atoms with Crippen LogP contribution in [0.25, 0.3) is 0 Å². The van der Waals surface area contributed by atoms with Gasteiger partial charge in [-0.2, -0.15) is 0 Å². The van der Waals surface area contributed by atoms with Crippen LogP contribution >= 0.6 is 0 Å². The fraction of sp³-hybridized carbons (Fsp3) is 0.500. The number of Topliss-reactive ketones (excluding diaryl/α,β-unsaturated/α-hetero) is 1. The number of nitrogens with zero attached hydrogens (tertiary/aromatic N) is 1. The van der Waals surface area contributed by atoms with Crippen LogP contribution in [0.3, 0.4) is 0 Å². The van der Waals surface area contributed by atoms with Gasteiger partial charge in [0.1, 0.15) is 0 Å². The van der Waals surface area contributed by atoms with E-state index >= 15 is 0 Å². The molecule has 1 N–H and O–H groups in total. The average molecular weight is 204 g/mol. The van der Waals surface area contributed by atoms with Crippen molar-refractivity contribution in [3.8, 4) is 0 Å². The van der Waals surface area contributed by atoms with Crippen LogP contribution in [0, 0.1) is 0 Å². The quantitative estimate of drug-likeness (QED) is 0.769. The average Bonchev–Trinajstić information content (AvgIpc) is 2.15. The first-order valence-electron chi connectivity index (χ1n) is 5.41. The van der Waals surface area contributed by atoms with Gasteiger partial charge < -0.3 is 5.32 Å². The number of hydrogen-bond donors (Lipinski definition) is 1. The molecular weight excluding hydrogens is 188 g/mol. The van der Waals surface area contributed by atoms with E-state index in [1.54, 1.807) is 13.1 Å². The van der Waals surface area contributed by atoms with E-state index < -0.39 is 0 Å². The van der Waals surface area contributed by atoms with Crippen LogP contribution in [0.2, 0.25) is 0 Å². The smallest absolute Gasteiger partial charge is 0.162 e. The molecule has 1 aromatic heterocycles. The summed E-state index contributed by atoms with van der Waals surface area (Å²) in [5.74, 6) is 0.677. The van der Waals surface area contributed by atoms with E-state index in [-0.39, 0.29) is 5.78 Å². The Morgan fingerprint density at radius 1 is 1.53 bits per heavy atom. The van der Waals surface area contributed by atoms with Crippen molar-refractivity contribution in [3.05, 3.63) is 23.5 Å². The second kappa shape index (κ2) is 4.01. The molecule has 1 saturated carbocycles. The van der Waals surface area contributed by atoms with Crippen LogP contribution in [0.4, 0.5) is 5.69 Å². The molecule has 0 unspecified atom stereocenters. The van der Waals surface area contributed by atoms with E-state index in [1.165, 1.54) is 19.3 Å². The second-order valence-corrected chi connectivity index (χ2v) is 4.09. The summed E-state index contributed by atoms with van der Waals surface area (Å²) in [7, 11) is 1.81. The molecule has 3 nitrogen and oxygen atoms in total. The lowest BCUT2D eigenvalue weighted by Gasteiger charge is -2.25. The molecule has 0 saturated heterocycles. The number of rotatable bonds is 3. The molecule has 1 aromatic rings. The molecular formula is C12H16N2O. The molecule has 1 aliphatic rings. The van der Waals surface area contributed by atoms with E-state index in [1.807, 2.05) is 13.1 Å². The summed E-state index contributed by atoms with van der Waals surface area (Å²) in [6.45, 7) is 1.60. The van der Waals surface area contributed by atoms with Crippen molar-refractivity contribution in [2.45, 2.75) is 32.1 Å². The third-order valence-corrected chi connectivity index (χ3v) is 3.10. The minimum atomic E-state index is 0.0994. The maximum absolute atomic E-state index is 11.4. The molecule has 2 rings (SSSR count). The summed E-state index contributed by atoms with van der Waals surface area (Å²) in [6.07, 6.45) is 5.48. The molecule has 1 heterocycles. The molecule has 0 bridgehead atoms. The highest BCUT2D eigenvalue weighted by Gasteiger charge is 2.22. The molecule has 1 aliphatic carbocycles. The van der Waals surface area contributed by atoms with Crippen molar-refractivity contribution in [2.24, 2.45) is 0 Å². The summed E-state index contributed by atoms with van der Waals surface area (Å²) < 4.78 is 0. The van der Waals surface area contributed by atoms with Crippen molar-refractivity contribution < 1.29 is 4.79 Å². The number of aromatic nitrogens is 1. The summed E-state index contributed by atoms with van der Waals surface area (Å²) in [5, 5.41) is 3.00. The van der Waals surface area contributed by atoms with Crippen molar-refractivity contribution in [2.75, 3.05) is 12.4 Å². The Kier molecular flexibility index (Phi) is 2.71. The van der Waals surface area contributed by atoms with Gasteiger partial charge in [-0.15, -0.1) is 0 Å². The van der Waals surface area contributed by atoms with Crippen LogP contribution in [0.5, 0.6) is 0 Å². The lowest BCUT2D eigenvalue weighted by molar-refractivity contribution is 0.101. The molecule has 0 aliphatic heterocycles. The maximum Gasteiger partial charge on any atom is 0.162 e. The van der Waals surface area contributed by atoms with Gasteiger partial charge in [0.25, 0.3) is 0 Å². The summed E-state index contributed by atoms with van der Waals surface area (Å²) in [6, 6.07) is 1.94. The van der Waals surface area contributed by atoms with Gasteiger partial charge in [0, 0.05) is 24.2 Å². The Balaban J connectivity index is 2.35. The van der Waals surface area contributed by atoms with Crippen LogP contribution < -0.4 is 5.32 Å². The molecule has 0 spiro atoms. The number of carbonyl (C=O) groups is 1. The fourth-order valence-corrected chi connectivity index (χ4v) is 1.89. The van der Waals surface area contributed by atoms with Crippen molar-refractivity contribution in [1.29, 1.82) is 0 Å². The maximum atomic E-state index is 11.4. The van der Waals surface area contributed by atoms with Crippen molar-refractivity contribution in [3.63, 3.8) is 0 Å². The predicted molar refractivity (Wildman–Crippen MR) is 60.4 cm³/mol. The van der Waals surface area contributed by atoms with E-state index in [0.29, 0.717) is 5.92 Å². The Hall–Kier alpha value is -1.38. The van der Waals surface area contributed by atoms with E-state index in [9.17, 15) is 4.79 Å². The van der Waals surface area contributed by atoms with Gasteiger partial charge in [0.15, 0.2) is 5.78 Å². The first-order valence-corrected chi connectivity index (χ1v) is 5.41. The number of ketones is 1. The molecule has 0 aromatic carbocycles. The summed E-state index contributed by atoms with van der Waals surface area (Å²) >= 11 is 0. The highest BCUT2D eigenvalue weighted by molar-refractivity contribution is 5.99. The largest absolute Gasteiger partial charge is 0.386 e. The first kappa shape index (κ1) is 10.1. The third kappa shape index (κ3) is 1.87. The standard InChI is InChI=1S/C12H16N2O/c1-8(15)10-6-11(9-4-3-5-9)14-7-12(10)13-2/h6-7,9,13H,3-5H2,1-2H3.